The van der Waals surface area contributed by atoms with Gasteiger partial charge < -0.3 is 10.5 Å². The Morgan fingerprint density at radius 2 is 2.18 bits per heavy atom. The van der Waals surface area contributed by atoms with E-state index >= 15 is 0 Å². The van der Waals surface area contributed by atoms with Crippen LogP contribution in [0.2, 0.25) is 0 Å². The first kappa shape index (κ1) is 11.1. The number of fused-ring (bicyclic) bond motifs is 1. The summed E-state index contributed by atoms with van der Waals surface area (Å²) in [6.07, 6.45) is 3.88. The maximum Gasteiger partial charge on any atom is 0.123 e. The summed E-state index contributed by atoms with van der Waals surface area (Å²) >= 11 is 0. The molecule has 1 heterocycles. The van der Waals surface area contributed by atoms with Gasteiger partial charge in [-0.15, -0.1) is 0 Å². The molecule has 1 saturated carbocycles. The van der Waals surface area contributed by atoms with Crippen molar-refractivity contribution in [2.75, 3.05) is 6.61 Å². The van der Waals surface area contributed by atoms with Crippen LogP contribution in [0, 0.1) is 5.92 Å². The zero-order valence-electron chi connectivity index (χ0n) is 10.7. The van der Waals surface area contributed by atoms with Crippen LogP contribution in [0.5, 0.6) is 5.75 Å². The van der Waals surface area contributed by atoms with E-state index in [1.807, 2.05) is 0 Å². The Kier molecular flexibility index (Phi) is 2.44. The fraction of sp³-hybridized carbons (Fsp3) is 0.600. The first-order valence-electron chi connectivity index (χ1n) is 6.59. The van der Waals surface area contributed by atoms with E-state index in [2.05, 4.69) is 32.0 Å². The van der Waals surface area contributed by atoms with Gasteiger partial charge in [0.2, 0.25) is 0 Å². The van der Waals surface area contributed by atoms with E-state index in [9.17, 15) is 0 Å². The molecular weight excluding hydrogens is 210 g/mol. The number of benzene rings is 1. The predicted molar refractivity (Wildman–Crippen MR) is 69.2 cm³/mol. The van der Waals surface area contributed by atoms with E-state index in [4.69, 9.17) is 10.5 Å². The van der Waals surface area contributed by atoms with Crippen molar-refractivity contribution in [3.8, 4) is 5.75 Å². The molecule has 0 amide bonds. The van der Waals surface area contributed by atoms with Crippen molar-refractivity contribution < 1.29 is 4.74 Å². The third kappa shape index (κ3) is 2.06. The minimum absolute atomic E-state index is 0.130. The average molecular weight is 231 g/mol. The van der Waals surface area contributed by atoms with Gasteiger partial charge in [0.05, 0.1) is 6.61 Å². The highest BCUT2D eigenvalue weighted by molar-refractivity contribution is 5.45. The molecule has 2 nitrogen and oxygen atoms in total. The molecule has 0 radical (unpaired) electrons. The minimum atomic E-state index is 0.130. The minimum Gasteiger partial charge on any atom is -0.492 e. The summed E-state index contributed by atoms with van der Waals surface area (Å²) < 4.78 is 5.70. The lowest BCUT2D eigenvalue weighted by molar-refractivity contribution is 0.291. The second kappa shape index (κ2) is 3.74. The van der Waals surface area contributed by atoms with Gasteiger partial charge in [0.25, 0.3) is 0 Å². The maximum absolute atomic E-state index is 6.28. The molecular formula is C15H21NO. The molecule has 92 valence electrons. The fourth-order valence-corrected chi connectivity index (χ4v) is 2.62. The van der Waals surface area contributed by atoms with Gasteiger partial charge in [-0.1, -0.05) is 32.8 Å². The Morgan fingerprint density at radius 3 is 2.88 bits per heavy atom. The monoisotopic (exact) mass is 231 g/mol. The largest absolute Gasteiger partial charge is 0.492 e. The number of ether oxygens (including phenoxy) is 1. The van der Waals surface area contributed by atoms with Crippen LogP contribution in [0.15, 0.2) is 18.2 Å². The predicted octanol–water partition coefficient (Wildman–Crippen LogP) is 3.16. The normalized spacial score (nSPS) is 23.0. The van der Waals surface area contributed by atoms with Crippen LogP contribution in [-0.4, -0.2) is 6.61 Å². The summed E-state index contributed by atoms with van der Waals surface area (Å²) in [5.41, 5.74) is 9.00. The maximum atomic E-state index is 6.28. The lowest BCUT2D eigenvalue weighted by Crippen LogP contribution is -2.19. The molecule has 2 aliphatic rings. The molecule has 17 heavy (non-hydrogen) atoms. The molecule has 1 aromatic rings. The summed E-state index contributed by atoms with van der Waals surface area (Å²) in [5.74, 6) is 1.92. The van der Waals surface area contributed by atoms with Crippen LogP contribution in [0.3, 0.4) is 0 Å². The molecule has 2 N–H and O–H groups in total. The molecule has 0 bridgehead atoms. The van der Waals surface area contributed by atoms with Gasteiger partial charge in [-0.05, 0) is 30.0 Å². The Balaban J connectivity index is 1.86. The SMILES string of the molecule is CC1(C)COc2ccc(C(N)CC3CC3)cc21. The highest BCUT2D eigenvalue weighted by Crippen LogP contribution is 2.41. The van der Waals surface area contributed by atoms with Crippen molar-refractivity contribution in [1.82, 2.24) is 0 Å². The first-order valence-corrected chi connectivity index (χ1v) is 6.59. The van der Waals surface area contributed by atoms with Crippen molar-refractivity contribution in [1.29, 1.82) is 0 Å². The van der Waals surface area contributed by atoms with Gasteiger partial charge >= 0.3 is 0 Å². The van der Waals surface area contributed by atoms with E-state index in [1.54, 1.807) is 0 Å². The van der Waals surface area contributed by atoms with Gasteiger partial charge in [0.1, 0.15) is 5.75 Å². The second-order valence-electron chi connectivity index (χ2n) is 6.21. The lowest BCUT2D eigenvalue weighted by atomic mass is 9.85. The summed E-state index contributed by atoms with van der Waals surface area (Å²) in [7, 11) is 0. The molecule has 1 aliphatic carbocycles. The summed E-state index contributed by atoms with van der Waals surface area (Å²) in [6.45, 7) is 5.24. The number of hydrogen-bond acceptors (Lipinski definition) is 2. The van der Waals surface area contributed by atoms with E-state index in [1.165, 1.54) is 24.0 Å². The Hall–Kier alpha value is -1.02. The van der Waals surface area contributed by atoms with Crippen LogP contribution in [0.4, 0.5) is 0 Å². The third-order valence-electron chi connectivity index (χ3n) is 4.03. The quantitative estimate of drug-likeness (QED) is 0.867. The van der Waals surface area contributed by atoms with Gasteiger partial charge in [-0.3, -0.25) is 0 Å². The molecule has 0 spiro atoms. The van der Waals surface area contributed by atoms with E-state index < -0.39 is 0 Å². The fourth-order valence-electron chi connectivity index (χ4n) is 2.62. The Labute approximate surface area is 103 Å². The molecule has 1 fully saturated rings. The first-order chi connectivity index (χ1) is 8.06. The van der Waals surface area contributed by atoms with Gasteiger partial charge in [0, 0.05) is 17.0 Å². The molecule has 2 heteroatoms. The van der Waals surface area contributed by atoms with E-state index in [-0.39, 0.29) is 11.5 Å². The van der Waals surface area contributed by atoms with Gasteiger partial charge in [-0.2, -0.15) is 0 Å². The van der Waals surface area contributed by atoms with Crippen LogP contribution in [-0.2, 0) is 5.41 Å². The zero-order valence-corrected chi connectivity index (χ0v) is 10.7. The molecule has 1 unspecified atom stereocenters. The van der Waals surface area contributed by atoms with Crippen molar-refractivity contribution >= 4 is 0 Å². The van der Waals surface area contributed by atoms with Crippen LogP contribution < -0.4 is 10.5 Å². The topological polar surface area (TPSA) is 35.2 Å². The smallest absolute Gasteiger partial charge is 0.123 e. The van der Waals surface area contributed by atoms with Gasteiger partial charge in [0.15, 0.2) is 0 Å². The van der Waals surface area contributed by atoms with Crippen LogP contribution in [0.25, 0.3) is 0 Å². The molecule has 1 aliphatic heterocycles. The zero-order chi connectivity index (χ0) is 12.0. The van der Waals surface area contributed by atoms with Crippen LogP contribution >= 0.6 is 0 Å². The summed E-state index contributed by atoms with van der Waals surface area (Å²) in [6, 6.07) is 6.68. The van der Waals surface area contributed by atoms with Crippen LogP contribution in [0.1, 0.15) is 50.3 Å². The van der Waals surface area contributed by atoms with E-state index in [0.29, 0.717) is 0 Å². The molecule has 3 rings (SSSR count). The number of hydrogen-bond donors (Lipinski definition) is 1. The molecule has 0 saturated heterocycles. The standard InChI is InChI=1S/C15H21NO/c1-15(2)9-17-14-6-5-11(8-12(14)15)13(16)7-10-3-4-10/h5-6,8,10,13H,3-4,7,9,16H2,1-2H3. The third-order valence-corrected chi connectivity index (χ3v) is 4.03. The molecule has 0 aromatic heterocycles. The van der Waals surface area contributed by atoms with Gasteiger partial charge in [-0.25, -0.2) is 0 Å². The highest BCUT2D eigenvalue weighted by atomic mass is 16.5. The molecule has 1 aromatic carbocycles. The lowest BCUT2D eigenvalue weighted by Gasteiger charge is -2.18. The number of rotatable bonds is 3. The highest BCUT2D eigenvalue weighted by Gasteiger charge is 2.32. The average Bonchev–Trinajstić information content (AvgIpc) is 3.05. The second-order valence-corrected chi connectivity index (χ2v) is 6.21. The Morgan fingerprint density at radius 1 is 1.41 bits per heavy atom. The van der Waals surface area contributed by atoms with Crippen molar-refractivity contribution in [2.45, 2.75) is 44.6 Å². The Bertz CT molecular complexity index is 435. The van der Waals surface area contributed by atoms with Crippen molar-refractivity contribution in [3.63, 3.8) is 0 Å². The summed E-state index contributed by atoms with van der Waals surface area (Å²) in [5, 5.41) is 0. The van der Waals surface area contributed by atoms with Crippen molar-refractivity contribution in [3.05, 3.63) is 29.3 Å². The molecule has 1 atom stereocenters. The number of nitrogens with two attached hydrogens (primary N) is 1. The summed E-state index contributed by atoms with van der Waals surface area (Å²) in [4.78, 5) is 0. The van der Waals surface area contributed by atoms with E-state index in [0.717, 1.165) is 24.7 Å². The van der Waals surface area contributed by atoms with Crippen molar-refractivity contribution in [2.24, 2.45) is 11.7 Å².